The molecule has 2 fully saturated rings. The summed E-state index contributed by atoms with van der Waals surface area (Å²) < 4.78 is 5.48. The molecule has 2 saturated carbocycles. The second-order valence-corrected chi connectivity index (χ2v) is 8.03. The Kier molecular flexibility index (Phi) is 8.81. The number of carbonyl (C=O) groups is 1. The van der Waals surface area contributed by atoms with E-state index in [-0.39, 0.29) is 41.9 Å². The monoisotopic (exact) mass is 451 g/mol. The molecule has 0 bridgehead atoms. The number of rotatable bonds is 3. The van der Waals surface area contributed by atoms with Crippen molar-refractivity contribution in [1.29, 1.82) is 0 Å². The fourth-order valence-corrected chi connectivity index (χ4v) is 3.52. The second kappa shape index (κ2) is 9.82. The van der Waals surface area contributed by atoms with Crippen molar-refractivity contribution in [2.45, 2.75) is 96.2 Å². The van der Waals surface area contributed by atoms with Gasteiger partial charge in [-0.15, -0.1) is 24.0 Å². The first-order chi connectivity index (χ1) is 10.8. The van der Waals surface area contributed by atoms with Crippen molar-refractivity contribution in [3.63, 3.8) is 0 Å². The zero-order chi connectivity index (χ0) is 16.9. The molecule has 0 unspecified atom stereocenters. The van der Waals surface area contributed by atoms with Gasteiger partial charge in [-0.3, -0.25) is 9.79 Å². The van der Waals surface area contributed by atoms with Crippen molar-refractivity contribution in [3.8, 4) is 0 Å². The van der Waals surface area contributed by atoms with Crippen LogP contribution in [-0.2, 0) is 9.53 Å². The van der Waals surface area contributed by atoms with Crippen molar-refractivity contribution >= 4 is 35.9 Å². The number of hydrogen-bond acceptors (Lipinski definition) is 3. The number of aliphatic imine (C=N–C) groups is 1. The lowest BCUT2D eigenvalue weighted by Crippen LogP contribution is -2.42. The van der Waals surface area contributed by atoms with Gasteiger partial charge in [-0.1, -0.05) is 19.3 Å². The maximum absolute atomic E-state index is 12.1. The molecule has 0 aliphatic heterocycles. The van der Waals surface area contributed by atoms with Gasteiger partial charge in [-0.05, 0) is 59.3 Å². The van der Waals surface area contributed by atoms with Gasteiger partial charge >= 0.3 is 5.97 Å². The minimum Gasteiger partial charge on any atom is -0.460 e. The quantitative estimate of drug-likeness (QED) is 0.297. The fraction of sp³-hybridized carbons (Fsp3) is 0.889. The molecule has 3 N–H and O–H groups in total. The van der Waals surface area contributed by atoms with Gasteiger partial charge < -0.3 is 15.8 Å². The molecule has 6 heteroatoms. The molecular formula is C18H34IN3O2. The van der Waals surface area contributed by atoms with Gasteiger partial charge in [-0.25, -0.2) is 0 Å². The fourth-order valence-electron chi connectivity index (χ4n) is 3.52. The van der Waals surface area contributed by atoms with Crippen LogP contribution in [0.15, 0.2) is 4.99 Å². The lowest BCUT2D eigenvalue weighted by Gasteiger charge is -2.29. The van der Waals surface area contributed by atoms with Gasteiger partial charge in [0.05, 0.1) is 12.0 Å². The first-order valence-corrected chi connectivity index (χ1v) is 9.16. The molecule has 0 radical (unpaired) electrons. The van der Waals surface area contributed by atoms with E-state index in [1.807, 2.05) is 20.8 Å². The summed E-state index contributed by atoms with van der Waals surface area (Å²) in [4.78, 5) is 16.7. The van der Waals surface area contributed by atoms with Gasteiger partial charge in [0.25, 0.3) is 0 Å². The molecule has 0 spiro atoms. The van der Waals surface area contributed by atoms with Gasteiger partial charge in [0.2, 0.25) is 0 Å². The summed E-state index contributed by atoms with van der Waals surface area (Å²) in [7, 11) is 0. The van der Waals surface area contributed by atoms with E-state index in [9.17, 15) is 4.79 Å². The molecule has 0 atom stereocenters. The molecule has 0 saturated heterocycles. The van der Waals surface area contributed by atoms with Crippen LogP contribution < -0.4 is 11.1 Å². The van der Waals surface area contributed by atoms with Crippen LogP contribution in [0.2, 0.25) is 0 Å². The topological polar surface area (TPSA) is 76.7 Å². The molecule has 5 nitrogen and oxygen atoms in total. The number of esters is 1. The number of hydrogen-bond donors (Lipinski definition) is 2. The molecule has 140 valence electrons. The number of carbonyl (C=O) groups excluding carboxylic acids is 1. The Balaban J connectivity index is 0.00000288. The average Bonchev–Trinajstić information content (AvgIpc) is 2.47. The molecule has 0 aromatic heterocycles. The zero-order valence-electron chi connectivity index (χ0n) is 15.3. The Morgan fingerprint density at radius 1 is 1.04 bits per heavy atom. The number of halogens is 1. The first kappa shape index (κ1) is 21.5. The van der Waals surface area contributed by atoms with Crippen LogP contribution >= 0.6 is 24.0 Å². The highest BCUT2D eigenvalue weighted by atomic mass is 127. The molecule has 0 aromatic rings. The van der Waals surface area contributed by atoms with E-state index < -0.39 is 5.60 Å². The summed E-state index contributed by atoms with van der Waals surface area (Å²) in [5.74, 6) is 0.541. The van der Waals surface area contributed by atoms with E-state index in [1.54, 1.807) is 0 Å². The zero-order valence-corrected chi connectivity index (χ0v) is 17.7. The van der Waals surface area contributed by atoms with Crippen molar-refractivity contribution < 1.29 is 9.53 Å². The molecule has 2 aliphatic rings. The average molecular weight is 451 g/mol. The van der Waals surface area contributed by atoms with Crippen LogP contribution in [-0.4, -0.2) is 29.6 Å². The van der Waals surface area contributed by atoms with Gasteiger partial charge in [0, 0.05) is 6.04 Å². The summed E-state index contributed by atoms with van der Waals surface area (Å²) in [5, 5.41) is 3.37. The molecule has 2 rings (SSSR count). The number of guanidine groups is 1. The Labute approximate surface area is 163 Å². The van der Waals surface area contributed by atoms with E-state index in [1.165, 1.54) is 32.1 Å². The molecular weight excluding hydrogens is 417 g/mol. The van der Waals surface area contributed by atoms with Crippen molar-refractivity contribution in [1.82, 2.24) is 5.32 Å². The van der Waals surface area contributed by atoms with Crippen molar-refractivity contribution in [2.75, 3.05) is 0 Å². The first-order valence-electron chi connectivity index (χ1n) is 9.16. The van der Waals surface area contributed by atoms with Gasteiger partial charge in [0.15, 0.2) is 5.96 Å². The molecule has 0 amide bonds. The van der Waals surface area contributed by atoms with Gasteiger partial charge in [0.1, 0.15) is 5.60 Å². The molecule has 24 heavy (non-hydrogen) atoms. The van der Waals surface area contributed by atoms with Crippen LogP contribution in [0, 0.1) is 5.92 Å². The SMILES string of the molecule is CC(C)(C)OC(=O)C1CCC(N=C(N)NC2CCCCC2)CC1.I. The normalized spacial score (nSPS) is 26.4. The summed E-state index contributed by atoms with van der Waals surface area (Å²) >= 11 is 0. The Morgan fingerprint density at radius 3 is 2.17 bits per heavy atom. The predicted molar refractivity (Wildman–Crippen MR) is 109 cm³/mol. The highest BCUT2D eigenvalue weighted by Gasteiger charge is 2.30. The van der Waals surface area contributed by atoms with Crippen LogP contribution in [0.1, 0.15) is 78.6 Å². The summed E-state index contributed by atoms with van der Waals surface area (Å²) in [6.45, 7) is 5.75. The summed E-state index contributed by atoms with van der Waals surface area (Å²) in [6, 6.07) is 0.732. The largest absolute Gasteiger partial charge is 0.460 e. The minimum atomic E-state index is -0.402. The highest BCUT2D eigenvalue weighted by molar-refractivity contribution is 14.0. The summed E-state index contributed by atoms with van der Waals surface area (Å²) in [6.07, 6.45) is 9.82. The van der Waals surface area contributed by atoms with Crippen LogP contribution in [0.5, 0.6) is 0 Å². The van der Waals surface area contributed by atoms with E-state index >= 15 is 0 Å². The Bertz CT molecular complexity index is 420. The Morgan fingerprint density at radius 2 is 1.62 bits per heavy atom. The van der Waals surface area contributed by atoms with E-state index in [2.05, 4.69) is 10.3 Å². The lowest BCUT2D eigenvalue weighted by molar-refractivity contribution is -0.161. The highest BCUT2D eigenvalue weighted by Crippen LogP contribution is 2.28. The maximum Gasteiger partial charge on any atom is 0.309 e. The predicted octanol–water partition coefficient (Wildman–Crippen LogP) is 3.74. The standard InChI is InChI=1S/C18H33N3O2.HI/c1-18(2,3)23-16(22)13-9-11-15(12-10-13)21-17(19)20-14-7-5-4-6-8-14;/h13-15H,4-12H2,1-3H3,(H3,19,20,21);1H. The van der Waals surface area contributed by atoms with E-state index in [0.29, 0.717) is 12.0 Å². The van der Waals surface area contributed by atoms with E-state index in [0.717, 1.165) is 25.7 Å². The number of nitrogens with two attached hydrogens (primary N) is 1. The van der Waals surface area contributed by atoms with Crippen LogP contribution in [0.25, 0.3) is 0 Å². The number of nitrogens with one attached hydrogen (secondary N) is 1. The molecule has 0 heterocycles. The van der Waals surface area contributed by atoms with Crippen molar-refractivity contribution in [3.05, 3.63) is 0 Å². The maximum atomic E-state index is 12.1. The minimum absolute atomic E-state index is 0. The van der Waals surface area contributed by atoms with Gasteiger partial charge in [-0.2, -0.15) is 0 Å². The summed E-state index contributed by atoms with van der Waals surface area (Å²) in [5.41, 5.74) is 5.66. The smallest absolute Gasteiger partial charge is 0.309 e. The third kappa shape index (κ3) is 7.57. The van der Waals surface area contributed by atoms with Crippen LogP contribution in [0.4, 0.5) is 0 Å². The van der Waals surface area contributed by atoms with Crippen LogP contribution in [0.3, 0.4) is 0 Å². The van der Waals surface area contributed by atoms with E-state index in [4.69, 9.17) is 10.5 Å². The lowest BCUT2D eigenvalue weighted by atomic mass is 9.86. The number of nitrogens with zero attached hydrogens (tertiary/aromatic N) is 1. The number of ether oxygens (including phenoxy) is 1. The molecule has 2 aliphatic carbocycles. The second-order valence-electron chi connectivity index (χ2n) is 8.03. The molecule has 0 aromatic carbocycles. The Hall–Kier alpha value is -0.530. The third-order valence-electron chi connectivity index (χ3n) is 4.72. The van der Waals surface area contributed by atoms with Crippen molar-refractivity contribution in [2.24, 2.45) is 16.6 Å². The third-order valence-corrected chi connectivity index (χ3v) is 4.72.